The molecule has 0 saturated carbocycles. The lowest BCUT2D eigenvalue weighted by molar-refractivity contribution is -0.147. The fourth-order valence-electron chi connectivity index (χ4n) is 1.65. The molecule has 1 aliphatic rings. The Morgan fingerprint density at radius 2 is 2.33 bits per heavy atom. The Morgan fingerprint density at radius 1 is 1.61 bits per heavy atom. The molecule has 1 fully saturated rings. The van der Waals surface area contributed by atoms with Gasteiger partial charge < -0.3 is 20.1 Å². The van der Waals surface area contributed by atoms with Gasteiger partial charge in [0.15, 0.2) is 6.04 Å². The van der Waals surface area contributed by atoms with Crippen LogP contribution in [0.1, 0.15) is 13.3 Å². The topological polar surface area (TPSA) is 78.9 Å². The number of carboxylic acids is 1. The quantitative estimate of drug-likeness (QED) is 0.769. The average Bonchev–Trinajstić information content (AvgIpc) is 2.38. The number of morpholine rings is 1. The van der Waals surface area contributed by atoms with Gasteiger partial charge in [0.1, 0.15) is 0 Å². The molecule has 0 aromatic heterocycles. The summed E-state index contributed by atoms with van der Waals surface area (Å²) in [5.41, 5.74) is 0. The normalized spacial score (nSPS) is 21.4. The average molecular weight is 276 g/mol. The summed E-state index contributed by atoms with van der Waals surface area (Å²) in [5, 5.41) is 12.2. The maximum Gasteiger partial charge on any atom is 0.328 e. The number of carbonyl (C=O) groups excluding carboxylic acids is 1. The van der Waals surface area contributed by atoms with Crippen molar-refractivity contribution in [3.05, 3.63) is 0 Å². The van der Waals surface area contributed by atoms with E-state index < -0.39 is 12.0 Å². The zero-order chi connectivity index (χ0) is 13.5. The molecule has 104 valence electrons. The Hall–Kier alpha value is -0.950. The fraction of sp³-hybridized carbons (Fsp3) is 0.818. The molecule has 18 heavy (non-hydrogen) atoms. The second-order valence-electron chi connectivity index (χ2n) is 4.19. The Balaban J connectivity index is 2.41. The fourth-order valence-corrected chi connectivity index (χ4v) is 2.01. The molecular weight excluding hydrogens is 256 g/mol. The number of nitrogens with zero attached hydrogens (tertiary/aromatic N) is 1. The highest BCUT2D eigenvalue weighted by molar-refractivity contribution is 7.99. The van der Waals surface area contributed by atoms with Crippen LogP contribution in [0.3, 0.4) is 0 Å². The first kappa shape index (κ1) is 15.1. The molecule has 6 nitrogen and oxygen atoms in total. The van der Waals surface area contributed by atoms with Crippen LogP contribution in [0.2, 0.25) is 0 Å². The Labute approximate surface area is 111 Å². The predicted molar refractivity (Wildman–Crippen MR) is 69.9 cm³/mol. The number of urea groups is 1. The number of ether oxygens (including phenoxy) is 1. The standard InChI is InChI=1S/C11H20N2O4S/c1-8(18-2)3-4-12-11(16)13-5-6-17-7-9(13)10(14)15/h8-9H,3-7H2,1-2H3,(H,12,16)(H,14,15). The Kier molecular flexibility index (Phi) is 6.28. The maximum atomic E-state index is 11.9. The van der Waals surface area contributed by atoms with Crippen molar-refractivity contribution >= 4 is 23.8 Å². The molecular formula is C11H20N2O4S. The van der Waals surface area contributed by atoms with Gasteiger partial charge in [0.05, 0.1) is 13.2 Å². The summed E-state index contributed by atoms with van der Waals surface area (Å²) in [6, 6.07) is -1.20. The molecule has 0 spiro atoms. The van der Waals surface area contributed by atoms with Gasteiger partial charge in [-0.1, -0.05) is 6.92 Å². The molecule has 1 saturated heterocycles. The third kappa shape index (κ3) is 4.38. The lowest BCUT2D eigenvalue weighted by atomic mass is 10.2. The summed E-state index contributed by atoms with van der Waals surface area (Å²) in [6.45, 7) is 3.42. The second kappa shape index (κ2) is 7.48. The van der Waals surface area contributed by atoms with E-state index in [2.05, 4.69) is 12.2 Å². The van der Waals surface area contributed by atoms with Gasteiger partial charge in [0, 0.05) is 18.3 Å². The van der Waals surface area contributed by atoms with Gasteiger partial charge >= 0.3 is 12.0 Å². The molecule has 2 atom stereocenters. The molecule has 2 amide bonds. The zero-order valence-corrected chi connectivity index (χ0v) is 11.5. The molecule has 1 heterocycles. The highest BCUT2D eigenvalue weighted by Gasteiger charge is 2.32. The third-order valence-electron chi connectivity index (χ3n) is 2.90. The van der Waals surface area contributed by atoms with Gasteiger partial charge in [-0.25, -0.2) is 9.59 Å². The van der Waals surface area contributed by atoms with E-state index in [0.29, 0.717) is 24.9 Å². The van der Waals surface area contributed by atoms with Crippen LogP contribution in [-0.4, -0.2) is 65.9 Å². The molecule has 0 aliphatic carbocycles. The van der Waals surface area contributed by atoms with Crippen molar-refractivity contribution < 1.29 is 19.4 Å². The number of carboxylic acid groups (broad SMARTS) is 1. The monoisotopic (exact) mass is 276 g/mol. The van der Waals surface area contributed by atoms with E-state index in [9.17, 15) is 9.59 Å². The number of aliphatic carboxylic acids is 1. The van der Waals surface area contributed by atoms with Gasteiger partial charge in [-0.2, -0.15) is 11.8 Å². The SMILES string of the molecule is CSC(C)CCNC(=O)N1CCOCC1C(=O)O. The lowest BCUT2D eigenvalue weighted by Gasteiger charge is -2.32. The first-order chi connectivity index (χ1) is 8.56. The number of nitrogens with one attached hydrogen (secondary N) is 1. The minimum absolute atomic E-state index is 0.0595. The highest BCUT2D eigenvalue weighted by atomic mass is 32.2. The van der Waals surface area contributed by atoms with Crippen LogP contribution in [0.4, 0.5) is 4.79 Å². The number of thioether (sulfide) groups is 1. The van der Waals surface area contributed by atoms with Crippen LogP contribution in [-0.2, 0) is 9.53 Å². The Morgan fingerprint density at radius 3 is 2.94 bits per heavy atom. The number of hydrogen-bond acceptors (Lipinski definition) is 4. The summed E-state index contributed by atoms with van der Waals surface area (Å²) >= 11 is 1.74. The maximum absolute atomic E-state index is 11.9. The predicted octanol–water partition coefficient (Wildman–Crippen LogP) is 0.623. The van der Waals surface area contributed by atoms with Gasteiger partial charge in [-0.05, 0) is 12.7 Å². The summed E-state index contributed by atoms with van der Waals surface area (Å²) in [7, 11) is 0. The number of carbonyl (C=O) groups is 2. The van der Waals surface area contributed by atoms with Crippen molar-refractivity contribution in [2.24, 2.45) is 0 Å². The Bertz CT molecular complexity index is 301. The van der Waals surface area contributed by atoms with E-state index in [1.807, 2.05) is 6.26 Å². The molecule has 2 N–H and O–H groups in total. The summed E-state index contributed by atoms with van der Waals surface area (Å²) < 4.78 is 5.08. The van der Waals surface area contributed by atoms with E-state index in [-0.39, 0.29) is 12.6 Å². The summed E-state index contributed by atoms with van der Waals surface area (Å²) in [5.74, 6) is -1.03. The number of amides is 2. The first-order valence-electron chi connectivity index (χ1n) is 5.94. The van der Waals surface area contributed by atoms with Crippen LogP contribution in [0.15, 0.2) is 0 Å². The molecule has 2 unspecified atom stereocenters. The molecule has 0 radical (unpaired) electrons. The third-order valence-corrected chi connectivity index (χ3v) is 3.94. The van der Waals surface area contributed by atoms with Crippen LogP contribution >= 0.6 is 11.8 Å². The van der Waals surface area contributed by atoms with E-state index in [0.717, 1.165) is 6.42 Å². The van der Waals surface area contributed by atoms with Gasteiger partial charge in [-0.3, -0.25) is 0 Å². The van der Waals surface area contributed by atoms with Crippen molar-refractivity contribution in [3.63, 3.8) is 0 Å². The van der Waals surface area contributed by atoms with Crippen molar-refractivity contribution in [3.8, 4) is 0 Å². The van der Waals surface area contributed by atoms with E-state index in [1.165, 1.54) is 4.90 Å². The van der Waals surface area contributed by atoms with Crippen LogP contribution < -0.4 is 5.32 Å². The van der Waals surface area contributed by atoms with Crippen LogP contribution in [0, 0.1) is 0 Å². The lowest BCUT2D eigenvalue weighted by Crippen LogP contribution is -2.55. The molecule has 0 aromatic carbocycles. The smallest absolute Gasteiger partial charge is 0.328 e. The minimum Gasteiger partial charge on any atom is -0.480 e. The number of hydrogen-bond donors (Lipinski definition) is 2. The van der Waals surface area contributed by atoms with Crippen molar-refractivity contribution in [2.75, 3.05) is 32.6 Å². The summed E-state index contributed by atoms with van der Waals surface area (Å²) in [6.07, 6.45) is 2.89. The largest absolute Gasteiger partial charge is 0.480 e. The highest BCUT2D eigenvalue weighted by Crippen LogP contribution is 2.10. The molecule has 1 rings (SSSR count). The van der Waals surface area contributed by atoms with Gasteiger partial charge in [-0.15, -0.1) is 0 Å². The second-order valence-corrected chi connectivity index (χ2v) is 5.47. The minimum atomic E-state index is -1.03. The van der Waals surface area contributed by atoms with Crippen LogP contribution in [0.25, 0.3) is 0 Å². The van der Waals surface area contributed by atoms with Gasteiger partial charge in [0.2, 0.25) is 0 Å². The van der Waals surface area contributed by atoms with E-state index in [4.69, 9.17) is 9.84 Å². The van der Waals surface area contributed by atoms with Gasteiger partial charge in [0.25, 0.3) is 0 Å². The summed E-state index contributed by atoms with van der Waals surface area (Å²) in [4.78, 5) is 24.2. The van der Waals surface area contributed by atoms with E-state index >= 15 is 0 Å². The molecule has 0 aromatic rings. The molecule has 7 heteroatoms. The first-order valence-corrected chi connectivity index (χ1v) is 7.23. The zero-order valence-electron chi connectivity index (χ0n) is 10.7. The molecule has 0 bridgehead atoms. The van der Waals surface area contributed by atoms with Crippen LogP contribution in [0.5, 0.6) is 0 Å². The molecule has 1 aliphatic heterocycles. The van der Waals surface area contributed by atoms with Crippen molar-refractivity contribution in [1.82, 2.24) is 10.2 Å². The van der Waals surface area contributed by atoms with E-state index in [1.54, 1.807) is 11.8 Å². The number of rotatable bonds is 5. The van der Waals surface area contributed by atoms with Crippen molar-refractivity contribution in [2.45, 2.75) is 24.6 Å². The van der Waals surface area contributed by atoms with Crippen molar-refractivity contribution in [1.29, 1.82) is 0 Å².